The van der Waals surface area contributed by atoms with Crippen molar-refractivity contribution in [2.75, 3.05) is 26.2 Å². The van der Waals surface area contributed by atoms with E-state index in [-0.39, 0.29) is 0 Å². The fourth-order valence-corrected chi connectivity index (χ4v) is 3.53. The van der Waals surface area contributed by atoms with Gasteiger partial charge in [-0.15, -0.1) is 0 Å². The fraction of sp³-hybridized carbons (Fsp3) is 0.522. The second-order valence-electron chi connectivity index (χ2n) is 7.52. The Kier molecular flexibility index (Phi) is 8.44. The van der Waals surface area contributed by atoms with Crippen molar-refractivity contribution in [3.63, 3.8) is 0 Å². The number of likely N-dealkylation sites (tertiary alicyclic amines) is 1. The van der Waals surface area contributed by atoms with E-state index in [2.05, 4.69) is 52.8 Å². The van der Waals surface area contributed by atoms with Crippen molar-refractivity contribution >= 4 is 5.96 Å². The third kappa shape index (κ3) is 7.04. The molecule has 1 aromatic carbocycles. The molecule has 1 aliphatic rings. The minimum atomic E-state index is 0.489. The largest absolute Gasteiger partial charge is 0.469 e. The van der Waals surface area contributed by atoms with Crippen LogP contribution in [0.25, 0.3) is 0 Å². The van der Waals surface area contributed by atoms with Crippen molar-refractivity contribution in [3.05, 3.63) is 60.1 Å². The van der Waals surface area contributed by atoms with Crippen molar-refractivity contribution in [2.24, 2.45) is 4.99 Å². The molecule has 0 bridgehead atoms. The Morgan fingerprint density at radius 3 is 2.68 bits per heavy atom. The molecule has 0 spiro atoms. The van der Waals surface area contributed by atoms with Crippen LogP contribution in [0.3, 0.4) is 0 Å². The average molecular weight is 383 g/mol. The van der Waals surface area contributed by atoms with E-state index < -0.39 is 0 Å². The van der Waals surface area contributed by atoms with Crippen molar-refractivity contribution in [2.45, 2.75) is 51.6 Å². The first kappa shape index (κ1) is 20.5. The van der Waals surface area contributed by atoms with E-state index in [9.17, 15) is 0 Å². The van der Waals surface area contributed by atoms with Gasteiger partial charge in [0, 0.05) is 45.2 Å². The number of hydrogen-bond donors (Lipinski definition) is 2. The molecule has 1 aromatic heterocycles. The highest BCUT2D eigenvalue weighted by Gasteiger charge is 2.20. The van der Waals surface area contributed by atoms with Gasteiger partial charge in [0.25, 0.3) is 0 Å². The molecule has 3 rings (SSSR count). The summed E-state index contributed by atoms with van der Waals surface area (Å²) in [5.74, 6) is 1.95. The fourth-order valence-electron chi connectivity index (χ4n) is 3.53. The van der Waals surface area contributed by atoms with Gasteiger partial charge in [-0.25, -0.2) is 0 Å². The molecular weight excluding hydrogens is 348 g/mol. The van der Waals surface area contributed by atoms with Crippen LogP contribution >= 0.6 is 0 Å². The van der Waals surface area contributed by atoms with Gasteiger partial charge in [0.15, 0.2) is 5.96 Å². The summed E-state index contributed by atoms with van der Waals surface area (Å²) >= 11 is 0. The number of nitrogens with one attached hydrogen (secondary N) is 2. The van der Waals surface area contributed by atoms with Gasteiger partial charge >= 0.3 is 0 Å². The maximum Gasteiger partial charge on any atom is 0.191 e. The van der Waals surface area contributed by atoms with E-state index in [1.54, 1.807) is 6.26 Å². The highest BCUT2D eigenvalue weighted by Crippen LogP contribution is 2.14. The Morgan fingerprint density at radius 1 is 1.14 bits per heavy atom. The van der Waals surface area contributed by atoms with E-state index in [0.29, 0.717) is 6.04 Å². The Balaban J connectivity index is 1.43. The summed E-state index contributed by atoms with van der Waals surface area (Å²) in [7, 11) is 0. The average Bonchev–Trinajstić information content (AvgIpc) is 3.24. The molecule has 1 aliphatic heterocycles. The topological polar surface area (TPSA) is 52.8 Å². The van der Waals surface area contributed by atoms with E-state index in [1.165, 1.54) is 12.0 Å². The molecule has 1 saturated heterocycles. The highest BCUT2D eigenvalue weighted by molar-refractivity contribution is 5.80. The molecule has 0 saturated carbocycles. The molecular formula is C23H34N4O. The van der Waals surface area contributed by atoms with Crippen LogP contribution in [-0.2, 0) is 13.0 Å². The van der Waals surface area contributed by atoms with Gasteiger partial charge in [-0.1, -0.05) is 43.7 Å². The molecule has 2 N–H and O–H groups in total. The summed E-state index contributed by atoms with van der Waals surface area (Å²) in [4.78, 5) is 7.31. The summed E-state index contributed by atoms with van der Waals surface area (Å²) in [6, 6.07) is 15.2. The lowest BCUT2D eigenvalue weighted by Crippen LogP contribution is -2.49. The molecule has 2 heterocycles. The SMILES string of the molecule is CCCCN=C(NCCc1ccco1)NC1CCN(Cc2ccccc2)CC1. The molecule has 1 fully saturated rings. The van der Waals surface area contributed by atoms with Crippen LogP contribution < -0.4 is 10.6 Å². The maximum absolute atomic E-state index is 5.42. The van der Waals surface area contributed by atoms with Crippen molar-refractivity contribution in [3.8, 4) is 0 Å². The first-order valence-corrected chi connectivity index (χ1v) is 10.7. The summed E-state index contributed by atoms with van der Waals surface area (Å²) in [5.41, 5.74) is 1.40. The lowest BCUT2D eigenvalue weighted by molar-refractivity contribution is 0.198. The van der Waals surface area contributed by atoms with Crippen LogP contribution in [0.4, 0.5) is 0 Å². The van der Waals surface area contributed by atoms with Crippen LogP contribution in [0.5, 0.6) is 0 Å². The van der Waals surface area contributed by atoms with Gasteiger partial charge in [-0.05, 0) is 37.0 Å². The Labute approximate surface area is 169 Å². The van der Waals surface area contributed by atoms with Gasteiger partial charge in [-0.3, -0.25) is 9.89 Å². The van der Waals surface area contributed by atoms with Crippen LogP contribution in [0.2, 0.25) is 0 Å². The van der Waals surface area contributed by atoms with E-state index in [1.807, 2.05) is 12.1 Å². The van der Waals surface area contributed by atoms with Crippen LogP contribution in [0.1, 0.15) is 43.9 Å². The van der Waals surface area contributed by atoms with Gasteiger partial charge in [-0.2, -0.15) is 0 Å². The van der Waals surface area contributed by atoms with E-state index in [4.69, 9.17) is 9.41 Å². The summed E-state index contributed by atoms with van der Waals surface area (Å²) in [6.45, 7) is 7.21. The Morgan fingerprint density at radius 2 is 1.96 bits per heavy atom. The molecule has 0 aliphatic carbocycles. The maximum atomic E-state index is 5.42. The highest BCUT2D eigenvalue weighted by atomic mass is 16.3. The normalized spacial score (nSPS) is 16.2. The first-order valence-electron chi connectivity index (χ1n) is 10.7. The van der Waals surface area contributed by atoms with Crippen LogP contribution in [0.15, 0.2) is 58.1 Å². The van der Waals surface area contributed by atoms with Crippen LogP contribution in [0, 0.1) is 0 Å². The van der Waals surface area contributed by atoms with Gasteiger partial charge in [0.05, 0.1) is 6.26 Å². The zero-order chi connectivity index (χ0) is 19.4. The monoisotopic (exact) mass is 382 g/mol. The lowest BCUT2D eigenvalue weighted by atomic mass is 10.0. The van der Waals surface area contributed by atoms with Crippen molar-refractivity contribution in [1.82, 2.24) is 15.5 Å². The molecule has 0 amide bonds. The predicted octanol–water partition coefficient (Wildman–Crippen LogP) is 3.82. The predicted molar refractivity (Wildman–Crippen MR) is 116 cm³/mol. The van der Waals surface area contributed by atoms with E-state index in [0.717, 1.165) is 70.1 Å². The number of rotatable bonds is 9. The van der Waals surface area contributed by atoms with E-state index >= 15 is 0 Å². The second kappa shape index (κ2) is 11.5. The van der Waals surface area contributed by atoms with Gasteiger partial charge in [0.1, 0.15) is 5.76 Å². The number of benzene rings is 1. The molecule has 28 heavy (non-hydrogen) atoms. The first-order chi connectivity index (χ1) is 13.8. The number of aliphatic imine (C=N–C) groups is 1. The third-order valence-electron chi connectivity index (χ3n) is 5.20. The molecule has 0 unspecified atom stereocenters. The third-order valence-corrected chi connectivity index (χ3v) is 5.20. The van der Waals surface area contributed by atoms with Crippen molar-refractivity contribution < 1.29 is 4.42 Å². The zero-order valence-electron chi connectivity index (χ0n) is 17.1. The van der Waals surface area contributed by atoms with Gasteiger partial charge in [0.2, 0.25) is 0 Å². The number of hydrogen-bond acceptors (Lipinski definition) is 3. The number of guanidine groups is 1. The van der Waals surface area contributed by atoms with Crippen molar-refractivity contribution in [1.29, 1.82) is 0 Å². The number of piperidine rings is 1. The minimum Gasteiger partial charge on any atom is -0.469 e. The van der Waals surface area contributed by atoms with Gasteiger partial charge < -0.3 is 15.1 Å². The Hall–Kier alpha value is -2.27. The lowest BCUT2D eigenvalue weighted by Gasteiger charge is -2.33. The summed E-state index contributed by atoms with van der Waals surface area (Å²) < 4.78 is 5.42. The smallest absolute Gasteiger partial charge is 0.191 e. The minimum absolute atomic E-state index is 0.489. The number of nitrogens with zero attached hydrogens (tertiary/aromatic N) is 2. The quantitative estimate of drug-likeness (QED) is 0.393. The molecule has 152 valence electrons. The Bertz CT molecular complexity index is 676. The van der Waals surface area contributed by atoms with Crippen LogP contribution in [-0.4, -0.2) is 43.1 Å². The molecule has 0 radical (unpaired) electrons. The summed E-state index contributed by atoms with van der Waals surface area (Å²) in [5, 5.41) is 7.14. The molecule has 0 atom stereocenters. The molecule has 5 nitrogen and oxygen atoms in total. The second-order valence-corrected chi connectivity index (χ2v) is 7.52. The number of furan rings is 1. The standard InChI is InChI=1S/C23H34N4O/c1-2-3-14-24-23(25-15-11-22-10-7-18-28-22)26-21-12-16-27(17-13-21)19-20-8-5-4-6-9-20/h4-10,18,21H,2-3,11-17,19H2,1H3,(H2,24,25,26). The molecule has 2 aromatic rings. The number of unbranched alkanes of at least 4 members (excludes halogenated alkanes) is 1. The summed E-state index contributed by atoms with van der Waals surface area (Å²) in [6.07, 6.45) is 7.20. The zero-order valence-corrected chi connectivity index (χ0v) is 17.1. The molecule has 5 heteroatoms.